The molecule has 2 rings (SSSR count). The summed E-state index contributed by atoms with van der Waals surface area (Å²) in [7, 11) is 0. The van der Waals surface area contributed by atoms with Gasteiger partial charge in [0.2, 0.25) is 23.6 Å². The molecule has 0 spiro atoms. The number of rotatable bonds is 29. The Bertz CT molecular complexity index is 1770. The summed E-state index contributed by atoms with van der Waals surface area (Å²) < 4.78 is 0. The van der Waals surface area contributed by atoms with Crippen molar-refractivity contribution in [3.05, 3.63) is 71.8 Å². The van der Waals surface area contributed by atoms with E-state index in [9.17, 15) is 53.4 Å². The summed E-state index contributed by atoms with van der Waals surface area (Å²) in [6, 6.07) is 13.3. The van der Waals surface area contributed by atoms with E-state index in [1.54, 1.807) is 37.3 Å². The highest BCUT2D eigenvalue weighted by molar-refractivity contribution is 5.95. The summed E-state index contributed by atoms with van der Waals surface area (Å²) >= 11 is 0. The highest BCUT2D eigenvalue weighted by Crippen LogP contribution is 2.17. The van der Waals surface area contributed by atoms with Gasteiger partial charge in [0.1, 0.15) is 12.1 Å². The van der Waals surface area contributed by atoms with Crippen molar-refractivity contribution in [2.24, 2.45) is 34.8 Å². The molecular weight excluding hydrogens is 809 g/mol. The molecule has 6 atom stereocenters. The van der Waals surface area contributed by atoms with Gasteiger partial charge in [-0.1, -0.05) is 67.6 Å². The number of amides is 4. The SMILES string of the molecule is CC[C@H](CC(=O)[C@H](CC(=O)O)NC(=O)[C@@H](N)CNC(=O)[C@@H](CC(=O)[C@H](Cc1ccccc1)NC(=O)CCCN)Cc1ccccc1)C(=O)O.NCCNC(=O)CC[C@H](N)C(=O)O. The number of nitrogens with two attached hydrogens (primary N) is 4. The van der Waals surface area contributed by atoms with Crippen molar-refractivity contribution in [2.75, 3.05) is 26.2 Å². The maximum absolute atomic E-state index is 13.7. The third-order valence-corrected chi connectivity index (χ3v) is 9.43. The fourth-order valence-electron chi connectivity index (χ4n) is 5.81. The standard InChI is InChI=1S/C35H47N5O9.C7H15N3O3/c1-2-24(35(48)49)18-29(41)28(20-32(44)45)40-34(47)26(37)21-38-33(46)25(16-22-10-5-3-6-11-22)19-30(42)27(39-31(43)14-9-15-36)17-23-12-7-4-8-13-23;8-3-4-10-6(11)2-1-5(9)7(12)13/h3-8,10-13,24-28H,2,9,14-21,36-37H2,1H3,(H,38,46)(H,39,43)(H,40,47)(H,44,45)(H,48,49);5H,1-4,8-9H2,(H,10,11)(H,12,13)/t24-,25-,26+,27+,28+;5-/m10/s1. The molecule has 0 aliphatic carbocycles. The maximum Gasteiger partial charge on any atom is 0.320 e. The Kier molecular flexibility index (Phi) is 26.1. The molecule has 0 radical (unpaired) electrons. The monoisotopic (exact) mass is 870 g/mol. The van der Waals surface area contributed by atoms with Gasteiger partial charge in [-0.3, -0.25) is 43.2 Å². The Morgan fingerprint density at radius 1 is 0.597 bits per heavy atom. The molecule has 0 saturated carbocycles. The second-order valence-corrected chi connectivity index (χ2v) is 14.5. The van der Waals surface area contributed by atoms with Crippen LogP contribution in [0.3, 0.4) is 0 Å². The van der Waals surface area contributed by atoms with Gasteiger partial charge in [0.15, 0.2) is 11.6 Å². The zero-order valence-electron chi connectivity index (χ0n) is 35.0. The van der Waals surface area contributed by atoms with E-state index in [2.05, 4.69) is 21.3 Å². The molecule has 0 heterocycles. The normalized spacial score (nSPS) is 13.6. The van der Waals surface area contributed by atoms with Gasteiger partial charge >= 0.3 is 17.9 Å². The van der Waals surface area contributed by atoms with Crippen LogP contribution >= 0.6 is 0 Å². The summed E-state index contributed by atoms with van der Waals surface area (Å²) in [5, 5.41) is 37.1. The number of carboxylic acid groups (broad SMARTS) is 3. The molecule has 0 saturated heterocycles. The van der Waals surface area contributed by atoms with Gasteiger partial charge in [-0.25, -0.2) is 0 Å². The fourth-order valence-corrected chi connectivity index (χ4v) is 5.81. The zero-order chi connectivity index (χ0) is 46.6. The minimum atomic E-state index is -1.52. The van der Waals surface area contributed by atoms with Gasteiger partial charge in [-0.05, 0) is 49.8 Å². The number of Topliss-reactive ketones (excluding diaryl/α,β-unsaturated/α-hetero) is 2. The molecule has 0 aliphatic heterocycles. The van der Waals surface area contributed by atoms with Crippen molar-refractivity contribution in [1.29, 1.82) is 0 Å². The predicted molar refractivity (Wildman–Crippen MR) is 227 cm³/mol. The highest BCUT2D eigenvalue weighted by atomic mass is 16.4. The van der Waals surface area contributed by atoms with Crippen LogP contribution in [0.25, 0.3) is 0 Å². The van der Waals surface area contributed by atoms with E-state index in [1.807, 2.05) is 30.3 Å². The smallest absolute Gasteiger partial charge is 0.320 e. The number of carbonyl (C=O) groups is 9. The molecule has 15 N–H and O–H groups in total. The molecule has 62 heavy (non-hydrogen) atoms. The van der Waals surface area contributed by atoms with E-state index in [-0.39, 0.29) is 62.5 Å². The Balaban J connectivity index is 0.00000127. The van der Waals surface area contributed by atoms with Crippen molar-refractivity contribution in [2.45, 2.75) is 95.3 Å². The second-order valence-electron chi connectivity index (χ2n) is 14.5. The lowest BCUT2D eigenvalue weighted by atomic mass is 9.89. The first-order chi connectivity index (χ1) is 29.4. The summed E-state index contributed by atoms with van der Waals surface area (Å²) in [5.41, 5.74) is 23.5. The Morgan fingerprint density at radius 2 is 1.16 bits per heavy atom. The molecule has 2 aromatic rings. The van der Waals surface area contributed by atoms with Crippen molar-refractivity contribution >= 4 is 53.1 Å². The van der Waals surface area contributed by atoms with Gasteiger partial charge in [-0.2, -0.15) is 0 Å². The van der Waals surface area contributed by atoms with Crippen LogP contribution in [-0.4, -0.2) is 119 Å². The van der Waals surface area contributed by atoms with Crippen LogP contribution < -0.4 is 44.2 Å². The molecule has 4 amide bonds. The van der Waals surface area contributed by atoms with Crippen LogP contribution in [-0.2, 0) is 56.0 Å². The topological polar surface area (TPSA) is 367 Å². The number of nitrogens with one attached hydrogen (secondary N) is 4. The molecule has 342 valence electrons. The van der Waals surface area contributed by atoms with Crippen LogP contribution in [0.15, 0.2) is 60.7 Å². The third kappa shape index (κ3) is 22.5. The number of carbonyl (C=O) groups excluding carboxylic acids is 6. The number of hydrogen-bond acceptors (Lipinski definition) is 13. The average molecular weight is 871 g/mol. The van der Waals surface area contributed by atoms with Crippen molar-refractivity contribution in [1.82, 2.24) is 21.3 Å². The van der Waals surface area contributed by atoms with Crippen molar-refractivity contribution in [3.8, 4) is 0 Å². The third-order valence-electron chi connectivity index (χ3n) is 9.43. The Hall–Kier alpha value is -6.09. The molecule has 0 bridgehead atoms. The van der Waals surface area contributed by atoms with Crippen LogP contribution in [0.4, 0.5) is 0 Å². The van der Waals surface area contributed by atoms with Crippen LogP contribution in [0.2, 0.25) is 0 Å². The lowest BCUT2D eigenvalue weighted by Crippen LogP contribution is -2.53. The molecule has 0 unspecified atom stereocenters. The van der Waals surface area contributed by atoms with Gasteiger partial charge in [0.05, 0.1) is 24.4 Å². The average Bonchev–Trinajstić information content (AvgIpc) is 3.24. The summed E-state index contributed by atoms with van der Waals surface area (Å²) in [6.07, 6.45) is -0.166. The number of carboxylic acids is 3. The van der Waals surface area contributed by atoms with Gasteiger partial charge in [-0.15, -0.1) is 0 Å². The predicted octanol–water partition coefficient (Wildman–Crippen LogP) is -1.00. The molecule has 20 heteroatoms. The molecule has 0 aromatic heterocycles. The first kappa shape index (κ1) is 53.9. The fraction of sp³-hybridized carbons (Fsp3) is 0.500. The lowest BCUT2D eigenvalue weighted by Gasteiger charge is -2.23. The first-order valence-electron chi connectivity index (χ1n) is 20.3. The number of ketones is 2. The van der Waals surface area contributed by atoms with Crippen molar-refractivity contribution < 1.29 is 58.5 Å². The number of benzene rings is 2. The van der Waals surface area contributed by atoms with Crippen LogP contribution in [0, 0.1) is 11.8 Å². The second kappa shape index (κ2) is 30.0. The van der Waals surface area contributed by atoms with Gasteiger partial charge in [0.25, 0.3) is 0 Å². The Labute approximate surface area is 360 Å². The summed E-state index contributed by atoms with van der Waals surface area (Å²) in [6.45, 7) is 2.24. The highest BCUT2D eigenvalue weighted by Gasteiger charge is 2.31. The van der Waals surface area contributed by atoms with E-state index in [1.165, 1.54) is 0 Å². The van der Waals surface area contributed by atoms with Gasteiger partial charge in [0, 0.05) is 51.2 Å². The zero-order valence-corrected chi connectivity index (χ0v) is 35.0. The maximum atomic E-state index is 13.7. The van der Waals surface area contributed by atoms with Crippen LogP contribution in [0.1, 0.15) is 69.4 Å². The van der Waals surface area contributed by atoms with Gasteiger partial charge < -0.3 is 59.5 Å². The van der Waals surface area contributed by atoms with Crippen molar-refractivity contribution in [3.63, 3.8) is 0 Å². The largest absolute Gasteiger partial charge is 0.481 e. The van der Waals surface area contributed by atoms with Crippen LogP contribution in [0.5, 0.6) is 0 Å². The first-order valence-corrected chi connectivity index (χ1v) is 20.3. The molecule has 0 aliphatic rings. The summed E-state index contributed by atoms with van der Waals surface area (Å²) in [5.74, 6) is -8.88. The quantitative estimate of drug-likeness (QED) is 0.0467. The minimum Gasteiger partial charge on any atom is -0.481 e. The van der Waals surface area contributed by atoms with E-state index < -0.39 is 90.9 Å². The molecular formula is C42H62N8O12. The summed E-state index contributed by atoms with van der Waals surface area (Å²) in [4.78, 5) is 109. The molecule has 0 fully saturated rings. The van der Waals surface area contributed by atoms with E-state index in [4.69, 9.17) is 28.0 Å². The van der Waals surface area contributed by atoms with E-state index >= 15 is 0 Å². The Morgan fingerprint density at radius 3 is 1.68 bits per heavy atom. The molecule has 2 aromatic carbocycles. The number of hydrogen-bond donors (Lipinski definition) is 11. The number of aliphatic carboxylic acids is 3. The molecule has 20 nitrogen and oxygen atoms in total. The lowest BCUT2D eigenvalue weighted by molar-refractivity contribution is -0.144. The minimum absolute atomic E-state index is 0.119. The van der Waals surface area contributed by atoms with E-state index in [0.29, 0.717) is 26.1 Å². The van der Waals surface area contributed by atoms with E-state index in [0.717, 1.165) is 11.1 Å².